The summed E-state index contributed by atoms with van der Waals surface area (Å²) in [6, 6.07) is 5.75. The van der Waals surface area contributed by atoms with Crippen LogP contribution in [0.25, 0.3) is 10.7 Å². The van der Waals surface area contributed by atoms with Gasteiger partial charge in [0.05, 0.1) is 17.5 Å². The van der Waals surface area contributed by atoms with Gasteiger partial charge in [0.15, 0.2) is 0 Å². The van der Waals surface area contributed by atoms with Gasteiger partial charge in [0, 0.05) is 45.5 Å². The number of carbonyl (C=O) groups excluding carboxylic acids is 1. The van der Waals surface area contributed by atoms with Crippen LogP contribution in [0.1, 0.15) is 28.2 Å². The van der Waals surface area contributed by atoms with E-state index in [1.165, 1.54) is 17.8 Å². The van der Waals surface area contributed by atoms with Crippen molar-refractivity contribution in [1.29, 1.82) is 0 Å². The van der Waals surface area contributed by atoms with Crippen LogP contribution in [0.3, 0.4) is 0 Å². The van der Waals surface area contributed by atoms with Gasteiger partial charge in [0.25, 0.3) is 5.91 Å². The number of amides is 1. The van der Waals surface area contributed by atoms with Gasteiger partial charge in [-0.3, -0.25) is 14.7 Å². The first-order valence-corrected chi connectivity index (χ1v) is 10.0. The maximum absolute atomic E-state index is 12.9. The molecule has 0 spiro atoms. The first-order valence-electron chi connectivity index (χ1n) is 9.23. The van der Waals surface area contributed by atoms with E-state index in [0.29, 0.717) is 6.10 Å². The van der Waals surface area contributed by atoms with E-state index in [1.807, 2.05) is 30.0 Å². The van der Waals surface area contributed by atoms with Gasteiger partial charge in [-0.25, -0.2) is 4.98 Å². The van der Waals surface area contributed by atoms with E-state index < -0.39 is 0 Å². The van der Waals surface area contributed by atoms with E-state index in [1.54, 1.807) is 6.20 Å². The van der Waals surface area contributed by atoms with Crippen LogP contribution in [0.4, 0.5) is 0 Å². The smallest absolute Gasteiger partial charge is 0.265 e. The molecule has 4 heterocycles. The van der Waals surface area contributed by atoms with E-state index in [-0.39, 0.29) is 5.91 Å². The van der Waals surface area contributed by atoms with Crippen molar-refractivity contribution in [3.05, 3.63) is 35.0 Å². The summed E-state index contributed by atoms with van der Waals surface area (Å²) in [4.78, 5) is 27.0. The van der Waals surface area contributed by atoms with Gasteiger partial charge in [0.2, 0.25) is 0 Å². The average molecular weight is 372 g/mol. The highest BCUT2D eigenvalue weighted by Crippen LogP contribution is 2.27. The largest absolute Gasteiger partial charge is 0.377 e. The van der Waals surface area contributed by atoms with Crippen LogP contribution in [0, 0.1) is 6.92 Å². The van der Waals surface area contributed by atoms with Crippen molar-refractivity contribution in [3.63, 3.8) is 0 Å². The molecule has 2 aromatic heterocycles. The first-order chi connectivity index (χ1) is 12.7. The Morgan fingerprint density at radius 3 is 2.85 bits per heavy atom. The fourth-order valence-corrected chi connectivity index (χ4v) is 4.56. The van der Waals surface area contributed by atoms with Gasteiger partial charge in [-0.05, 0) is 31.9 Å². The maximum atomic E-state index is 12.9. The number of hydrogen-bond donors (Lipinski definition) is 0. The average Bonchev–Trinajstić information content (AvgIpc) is 3.32. The number of aromatic nitrogens is 2. The van der Waals surface area contributed by atoms with Crippen LogP contribution in [0.15, 0.2) is 24.4 Å². The summed E-state index contributed by atoms with van der Waals surface area (Å²) < 4.78 is 5.73. The molecule has 1 unspecified atom stereocenters. The topological polar surface area (TPSA) is 58.6 Å². The molecule has 0 radical (unpaired) electrons. The minimum absolute atomic E-state index is 0.0962. The lowest BCUT2D eigenvalue weighted by atomic mass is 10.2. The Balaban J connectivity index is 1.38. The quantitative estimate of drug-likeness (QED) is 0.825. The van der Waals surface area contributed by atoms with Crippen LogP contribution in [0.2, 0.25) is 0 Å². The molecule has 0 aromatic carbocycles. The van der Waals surface area contributed by atoms with E-state index in [0.717, 1.165) is 67.0 Å². The van der Waals surface area contributed by atoms with Gasteiger partial charge in [-0.2, -0.15) is 0 Å². The summed E-state index contributed by atoms with van der Waals surface area (Å²) in [5, 5.41) is 0.809. The molecular weight excluding hydrogens is 348 g/mol. The molecule has 138 valence electrons. The Kier molecular flexibility index (Phi) is 5.28. The van der Waals surface area contributed by atoms with Crippen molar-refractivity contribution in [3.8, 4) is 10.7 Å². The molecule has 0 bridgehead atoms. The van der Waals surface area contributed by atoms with Crippen molar-refractivity contribution in [2.75, 3.05) is 39.3 Å². The van der Waals surface area contributed by atoms with E-state index in [4.69, 9.17) is 4.74 Å². The van der Waals surface area contributed by atoms with Crippen LogP contribution in [-0.4, -0.2) is 71.1 Å². The Morgan fingerprint density at radius 1 is 1.31 bits per heavy atom. The van der Waals surface area contributed by atoms with E-state index in [2.05, 4.69) is 14.9 Å². The molecule has 0 saturated carbocycles. The van der Waals surface area contributed by atoms with Gasteiger partial charge in [0.1, 0.15) is 9.88 Å². The highest BCUT2D eigenvalue weighted by molar-refractivity contribution is 7.17. The number of aryl methyl sites for hydroxylation is 1. The van der Waals surface area contributed by atoms with Gasteiger partial charge in [-0.1, -0.05) is 6.07 Å². The highest BCUT2D eigenvalue weighted by Gasteiger charge is 2.27. The standard InChI is InChI=1S/C19H24N4O2S/c1-14-17(26-18(21-14)16-6-2-3-7-20-16)19(24)23-10-8-22(9-11-23)13-15-5-4-12-25-15/h2-3,6-7,15H,4-5,8-13H2,1H3. The maximum Gasteiger partial charge on any atom is 0.265 e. The number of hydrogen-bond acceptors (Lipinski definition) is 6. The molecule has 6 nitrogen and oxygen atoms in total. The van der Waals surface area contributed by atoms with Crippen molar-refractivity contribution in [2.24, 2.45) is 0 Å². The molecule has 2 fully saturated rings. The van der Waals surface area contributed by atoms with E-state index in [9.17, 15) is 4.79 Å². The number of pyridine rings is 1. The van der Waals surface area contributed by atoms with Gasteiger partial charge < -0.3 is 9.64 Å². The third-order valence-corrected chi connectivity index (χ3v) is 6.19. The number of rotatable bonds is 4. The lowest BCUT2D eigenvalue weighted by Crippen LogP contribution is -2.50. The zero-order valence-electron chi connectivity index (χ0n) is 15.1. The normalized spacial score (nSPS) is 21.3. The molecular formula is C19H24N4O2S. The predicted octanol–water partition coefficient (Wildman–Crippen LogP) is 2.45. The number of nitrogens with zero attached hydrogens (tertiary/aromatic N) is 4. The minimum Gasteiger partial charge on any atom is -0.377 e. The van der Waals surface area contributed by atoms with Crippen LogP contribution in [0.5, 0.6) is 0 Å². The third-order valence-electron chi connectivity index (χ3n) is 5.02. The zero-order chi connectivity index (χ0) is 17.9. The lowest BCUT2D eigenvalue weighted by molar-refractivity contribution is 0.0435. The lowest BCUT2D eigenvalue weighted by Gasteiger charge is -2.35. The SMILES string of the molecule is Cc1nc(-c2ccccn2)sc1C(=O)N1CCN(CC2CCCO2)CC1. The van der Waals surface area contributed by atoms with Gasteiger partial charge >= 0.3 is 0 Å². The fourth-order valence-electron chi connectivity index (χ4n) is 3.55. The monoisotopic (exact) mass is 372 g/mol. The van der Waals surface area contributed by atoms with Crippen molar-refractivity contribution in [2.45, 2.75) is 25.9 Å². The predicted molar refractivity (Wildman–Crippen MR) is 101 cm³/mol. The Bertz CT molecular complexity index is 750. The molecule has 2 aliphatic heterocycles. The molecule has 7 heteroatoms. The summed E-state index contributed by atoms with van der Waals surface area (Å²) >= 11 is 1.44. The molecule has 0 N–H and O–H groups in total. The molecule has 4 rings (SSSR count). The van der Waals surface area contributed by atoms with Crippen molar-refractivity contribution in [1.82, 2.24) is 19.8 Å². The number of thiazole rings is 1. The second-order valence-corrected chi connectivity index (χ2v) is 7.88. The summed E-state index contributed by atoms with van der Waals surface area (Å²) in [7, 11) is 0. The van der Waals surface area contributed by atoms with Crippen LogP contribution in [-0.2, 0) is 4.74 Å². The second kappa shape index (κ2) is 7.82. The molecule has 2 aliphatic rings. The number of piperazine rings is 1. The summed E-state index contributed by atoms with van der Waals surface area (Å²) in [5.41, 5.74) is 1.61. The second-order valence-electron chi connectivity index (χ2n) is 6.88. The molecule has 2 saturated heterocycles. The molecule has 0 aliphatic carbocycles. The summed E-state index contributed by atoms with van der Waals surface area (Å²) in [5.74, 6) is 0.0962. The van der Waals surface area contributed by atoms with Crippen LogP contribution >= 0.6 is 11.3 Å². The molecule has 2 aromatic rings. The number of carbonyl (C=O) groups is 1. The Labute approximate surface area is 157 Å². The Hall–Kier alpha value is -1.83. The molecule has 26 heavy (non-hydrogen) atoms. The minimum atomic E-state index is 0.0962. The first kappa shape index (κ1) is 17.6. The van der Waals surface area contributed by atoms with Gasteiger partial charge in [-0.15, -0.1) is 11.3 Å². The summed E-state index contributed by atoms with van der Waals surface area (Å²) in [6.45, 7) is 7.15. The number of ether oxygens (including phenoxy) is 1. The van der Waals surface area contributed by atoms with Crippen LogP contribution < -0.4 is 0 Å². The molecule has 1 amide bonds. The summed E-state index contributed by atoms with van der Waals surface area (Å²) in [6.07, 6.45) is 4.46. The van der Waals surface area contributed by atoms with Crippen molar-refractivity contribution < 1.29 is 9.53 Å². The highest BCUT2D eigenvalue weighted by atomic mass is 32.1. The fraction of sp³-hybridized carbons (Fsp3) is 0.526. The van der Waals surface area contributed by atoms with E-state index >= 15 is 0 Å². The molecule has 1 atom stereocenters. The Morgan fingerprint density at radius 2 is 2.15 bits per heavy atom. The van der Waals surface area contributed by atoms with Crippen molar-refractivity contribution >= 4 is 17.2 Å². The third kappa shape index (κ3) is 3.79. The zero-order valence-corrected chi connectivity index (χ0v) is 15.9.